The number of rotatable bonds is 7. The zero-order chi connectivity index (χ0) is 22.4. The van der Waals surface area contributed by atoms with Crippen molar-refractivity contribution in [3.63, 3.8) is 0 Å². The molecule has 0 bridgehead atoms. The van der Waals surface area contributed by atoms with Crippen molar-refractivity contribution in [2.24, 2.45) is 0 Å². The lowest BCUT2D eigenvalue weighted by atomic mass is 9.95. The Hall–Kier alpha value is -2.19. The molecule has 172 valence electrons. The summed E-state index contributed by atoms with van der Waals surface area (Å²) in [4.78, 5) is 25.2. The van der Waals surface area contributed by atoms with E-state index in [1.807, 2.05) is 18.2 Å². The number of likely N-dealkylation sites (tertiary alicyclic amines) is 1. The summed E-state index contributed by atoms with van der Waals surface area (Å²) in [6.45, 7) is 6.44. The van der Waals surface area contributed by atoms with E-state index in [0.717, 1.165) is 31.2 Å². The third-order valence-corrected chi connectivity index (χ3v) is 5.86. The molecule has 1 saturated carbocycles. The number of nitrogens with zero attached hydrogens (tertiary/aromatic N) is 2. The number of carbonyl (C=O) groups excluding carboxylic acids is 1. The van der Waals surface area contributed by atoms with Gasteiger partial charge in [0, 0.05) is 17.9 Å². The first-order valence-electron chi connectivity index (χ1n) is 11.1. The van der Waals surface area contributed by atoms with Gasteiger partial charge in [-0.25, -0.2) is 4.79 Å². The molecule has 2 atom stereocenters. The lowest BCUT2D eigenvalue weighted by Crippen LogP contribution is -2.47. The Bertz CT molecular complexity index is 727. The highest BCUT2D eigenvalue weighted by Gasteiger charge is 2.46. The maximum atomic E-state index is 12.5. The highest BCUT2D eigenvalue weighted by Crippen LogP contribution is 2.28. The van der Waals surface area contributed by atoms with Crippen LogP contribution in [0.2, 0.25) is 0 Å². The summed E-state index contributed by atoms with van der Waals surface area (Å²) in [6.07, 6.45) is 3.54. The Balaban J connectivity index is 1.47. The van der Waals surface area contributed by atoms with E-state index < -0.39 is 23.8 Å². The van der Waals surface area contributed by atoms with Crippen molar-refractivity contribution < 1.29 is 23.9 Å². The zero-order valence-corrected chi connectivity index (χ0v) is 18.7. The third kappa shape index (κ3) is 6.90. The van der Waals surface area contributed by atoms with E-state index in [4.69, 9.17) is 14.2 Å². The van der Waals surface area contributed by atoms with Gasteiger partial charge in [-0.3, -0.25) is 15.0 Å². The average molecular weight is 435 g/mol. The highest BCUT2D eigenvalue weighted by molar-refractivity contribution is 5.69. The maximum Gasteiger partial charge on any atom is 0.410 e. The van der Waals surface area contributed by atoms with Gasteiger partial charge in [-0.15, -0.1) is 0 Å². The van der Waals surface area contributed by atoms with Gasteiger partial charge >= 0.3 is 6.09 Å². The summed E-state index contributed by atoms with van der Waals surface area (Å²) in [7, 11) is 0. The van der Waals surface area contributed by atoms with Crippen molar-refractivity contribution in [1.29, 1.82) is 0 Å². The molecule has 1 aromatic rings. The molecule has 1 saturated heterocycles. The molecule has 0 radical (unpaired) electrons. The average Bonchev–Trinajstić information content (AvgIpc) is 3.15. The van der Waals surface area contributed by atoms with Crippen molar-refractivity contribution in [1.82, 2.24) is 4.90 Å². The van der Waals surface area contributed by atoms with Gasteiger partial charge in [0.2, 0.25) is 6.04 Å². The molecule has 1 aliphatic heterocycles. The Morgan fingerprint density at radius 3 is 2.26 bits per heavy atom. The number of ether oxygens (including phenoxy) is 3. The molecule has 8 heteroatoms. The molecular weight excluding hydrogens is 400 g/mol. The number of hydrogen-bond acceptors (Lipinski definition) is 6. The number of amides is 1. The molecule has 1 aliphatic carbocycles. The standard InChI is InChI=1S/C23H34N2O6/c1-23(2,3)31-22(26)24-14-13-20(25(27)28)21(24)16-30-19-11-9-18(10-12-19)29-15-17-7-5-4-6-8-17/h4-8,18-21H,9-16H2,1-3H3. The van der Waals surface area contributed by atoms with Crippen LogP contribution in [0.3, 0.4) is 0 Å². The minimum atomic E-state index is -0.821. The molecule has 2 fully saturated rings. The SMILES string of the molecule is CC(C)(C)OC(=O)N1CCC([N+](=O)[O-])C1COC1CCC(OCc2ccccc2)CC1. The van der Waals surface area contributed by atoms with Gasteiger partial charge in [0.05, 0.1) is 25.4 Å². The number of hydrogen-bond donors (Lipinski definition) is 0. The van der Waals surface area contributed by atoms with Crippen molar-refractivity contribution in [3.8, 4) is 0 Å². The summed E-state index contributed by atoms with van der Waals surface area (Å²) < 4.78 is 17.5. The minimum absolute atomic E-state index is 0.0325. The monoisotopic (exact) mass is 434 g/mol. The molecule has 1 heterocycles. The van der Waals surface area contributed by atoms with Crippen molar-refractivity contribution in [2.75, 3.05) is 13.2 Å². The maximum absolute atomic E-state index is 12.5. The van der Waals surface area contributed by atoms with Crippen LogP contribution in [0.4, 0.5) is 4.79 Å². The largest absolute Gasteiger partial charge is 0.444 e. The fraction of sp³-hybridized carbons (Fsp3) is 0.696. The lowest BCUT2D eigenvalue weighted by molar-refractivity contribution is -0.525. The van der Waals surface area contributed by atoms with E-state index in [2.05, 4.69) is 12.1 Å². The number of carbonyl (C=O) groups is 1. The molecule has 0 spiro atoms. The van der Waals surface area contributed by atoms with Gasteiger partial charge in [0.25, 0.3) is 0 Å². The molecule has 31 heavy (non-hydrogen) atoms. The van der Waals surface area contributed by atoms with E-state index in [0.29, 0.717) is 19.6 Å². The van der Waals surface area contributed by atoms with Crippen LogP contribution in [0.15, 0.2) is 30.3 Å². The van der Waals surface area contributed by atoms with Crippen LogP contribution < -0.4 is 0 Å². The summed E-state index contributed by atoms with van der Waals surface area (Å²) >= 11 is 0. The molecule has 2 unspecified atom stereocenters. The molecule has 1 aromatic carbocycles. The highest BCUT2D eigenvalue weighted by atomic mass is 16.6. The molecule has 2 aliphatic rings. The van der Waals surface area contributed by atoms with E-state index in [1.165, 1.54) is 4.90 Å². The fourth-order valence-corrected chi connectivity index (χ4v) is 4.22. The van der Waals surface area contributed by atoms with Crippen LogP contribution in [-0.4, -0.2) is 59.0 Å². The fourth-order valence-electron chi connectivity index (χ4n) is 4.22. The van der Waals surface area contributed by atoms with Gasteiger partial charge in [-0.2, -0.15) is 0 Å². The van der Waals surface area contributed by atoms with Crippen molar-refractivity contribution >= 4 is 6.09 Å². The van der Waals surface area contributed by atoms with Crippen molar-refractivity contribution in [3.05, 3.63) is 46.0 Å². The van der Waals surface area contributed by atoms with Crippen LogP contribution in [0, 0.1) is 10.1 Å². The quantitative estimate of drug-likeness (QED) is 0.472. The smallest absolute Gasteiger partial charge is 0.410 e. The Morgan fingerprint density at radius 2 is 1.68 bits per heavy atom. The second-order valence-electron chi connectivity index (χ2n) is 9.41. The molecule has 3 rings (SSSR count). The first-order chi connectivity index (χ1) is 14.7. The molecular formula is C23H34N2O6. The second kappa shape index (κ2) is 10.4. The molecule has 8 nitrogen and oxygen atoms in total. The zero-order valence-electron chi connectivity index (χ0n) is 18.7. The predicted molar refractivity (Wildman–Crippen MR) is 115 cm³/mol. The molecule has 0 N–H and O–H groups in total. The van der Waals surface area contributed by atoms with Gasteiger partial charge < -0.3 is 14.2 Å². The second-order valence-corrected chi connectivity index (χ2v) is 9.41. The van der Waals surface area contributed by atoms with E-state index in [1.54, 1.807) is 20.8 Å². The van der Waals surface area contributed by atoms with Gasteiger partial charge in [-0.05, 0) is 52.0 Å². The summed E-state index contributed by atoms with van der Waals surface area (Å²) in [5.41, 5.74) is 0.517. The van der Waals surface area contributed by atoms with Gasteiger partial charge in [0.15, 0.2) is 0 Å². The molecule has 0 aromatic heterocycles. The van der Waals surface area contributed by atoms with Gasteiger partial charge in [0.1, 0.15) is 11.6 Å². The van der Waals surface area contributed by atoms with Crippen molar-refractivity contribution in [2.45, 2.75) is 89.4 Å². The van der Waals surface area contributed by atoms with Crippen LogP contribution in [0.1, 0.15) is 58.4 Å². The summed E-state index contributed by atoms with van der Waals surface area (Å²) in [6, 6.07) is 8.69. The van der Waals surface area contributed by atoms with Crippen LogP contribution in [-0.2, 0) is 20.8 Å². The Labute approximate surface area is 184 Å². The van der Waals surface area contributed by atoms with Crippen LogP contribution in [0.25, 0.3) is 0 Å². The Kier molecular flexibility index (Phi) is 7.89. The minimum Gasteiger partial charge on any atom is -0.444 e. The Morgan fingerprint density at radius 1 is 1.06 bits per heavy atom. The normalized spacial score (nSPS) is 26.6. The topological polar surface area (TPSA) is 91.1 Å². The first kappa shape index (κ1) is 23.5. The van der Waals surface area contributed by atoms with E-state index in [-0.39, 0.29) is 23.7 Å². The van der Waals surface area contributed by atoms with E-state index >= 15 is 0 Å². The number of benzene rings is 1. The van der Waals surface area contributed by atoms with Crippen LogP contribution in [0.5, 0.6) is 0 Å². The van der Waals surface area contributed by atoms with E-state index in [9.17, 15) is 14.9 Å². The van der Waals surface area contributed by atoms with Gasteiger partial charge in [-0.1, -0.05) is 30.3 Å². The lowest BCUT2D eigenvalue weighted by Gasteiger charge is -2.32. The van der Waals surface area contributed by atoms with Crippen LogP contribution >= 0.6 is 0 Å². The first-order valence-corrected chi connectivity index (χ1v) is 11.1. The third-order valence-electron chi connectivity index (χ3n) is 5.86. The summed E-state index contributed by atoms with van der Waals surface area (Å²) in [5, 5.41) is 11.5. The summed E-state index contributed by atoms with van der Waals surface area (Å²) in [5.74, 6) is 0. The molecule has 1 amide bonds. The predicted octanol–water partition coefficient (Wildman–Crippen LogP) is 4.19. The number of nitro groups is 1.